The number of nitrogens with zero attached hydrogens (tertiary/aromatic N) is 1. The van der Waals surface area contributed by atoms with Crippen LogP contribution >= 0.6 is 0 Å². The summed E-state index contributed by atoms with van der Waals surface area (Å²) in [6.07, 6.45) is 3.08. The fourth-order valence-electron chi connectivity index (χ4n) is 2.59. The Balaban J connectivity index is 2.06. The second kappa shape index (κ2) is 6.36. The number of likely N-dealkylation sites (N-methyl/N-ethyl adjacent to an activating group) is 1. The van der Waals surface area contributed by atoms with Crippen LogP contribution in [-0.2, 0) is 11.2 Å². The van der Waals surface area contributed by atoms with Gasteiger partial charge in [0.25, 0.3) is 0 Å². The van der Waals surface area contributed by atoms with Crippen molar-refractivity contribution in [3.05, 3.63) is 23.7 Å². The molecule has 0 amide bonds. The second-order valence-corrected chi connectivity index (χ2v) is 4.92. The van der Waals surface area contributed by atoms with Gasteiger partial charge in [0.05, 0.1) is 6.04 Å². The van der Waals surface area contributed by atoms with Crippen molar-refractivity contribution in [1.29, 1.82) is 0 Å². The molecule has 4 heteroatoms. The van der Waals surface area contributed by atoms with Crippen LogP contribution in [0.5, 0.6) is 0 Å². The Hall–Kier alpha value is -0.840. The summed E-state index contributed by atoms with van der Waals surface area (Å²) in [5, 5.41) is 0. The highest BCUT2D eigenvalue weighted by molar-refractivity contribution is 5.11. The number of nitrogens with two attached hydrogens (primary N) is 1. The Morgan fingerprint density at radius 1 is 1.39 bits per heavy atom. The summed E-state index contributed by atoms with van der Waals surface area (Å²) in [6.45, 7) is 4.39. The maximum atomic E-state index is 5.93. The Kier molecular flexibility index (Phi) is 4.80. The van der Waals surface area contributed by atoms with E-state index in [1.54, 1.807) is 0 Å². The van der Waals surface area contributed by atoms with Gasteiger partial charge in [-0.3, -0.25) is 4.90 Å². The van der Waals surface area contributed by atoms with E-state index in [2.05, 4.69) is 31.0 Å². The lowest BCUT2D eigenvalue weighted by Crippen LogP contribution is -2.41. The molecule has 2 N–H and O–H groups in total. The summed E-state index contributed by atoms with van der Waals surface area (Å²) in [5.41, 5.74) is 5.93. The zero-order valence-corrected chi connectivity index (χ0v) is 11.4. The van der Waals surface area contributed by atoms with Gasteiger partial charge in [-0.1, -0.05) is 6.92 Å². The fourth-order valence-corrected chi connectivity index (χ4v) is 2.59. The second-order valence-electron chi connectivity index (χ2n) is 4.92. The van der Waals surface area contributed by atoms with Gasteiger partial charge in [-0.25, -0.2) is 0 Å². The molecule has 2 heterocycles. The highest BCUT2D eigenvalue weighted by atomic mass is 16.5. The van der Waals surface area contributed by atoms with Crippen molar-refractivity contribution in [2.75, 3.05) is 26.8 Å². The number of furan rings is 1. The zero-order valence-electron chi connectivity index (χ0n) is 11.4. The summed E-state index contributed by atoms with van der Waals surface area (Å²) in [4.78, 5) is 2.35. The lowest BCUT2D eigenvalue weighted by atomic mass is 10.0. The smallest absolute Gasteiger partial charge is 0.122 e. The summed E-state index contributed by atoms with van der Waals surface area (Å²) < 4.78 is 11.3. The van der Waals surface area contributed by atoms with E-state index in [1.807, 2.05) is 0 Å². The molecule has 102 valence electrons. The molecule has 1 atom stereocenters. The van der Waals surface area contributed by atoms with Gasteiger partial charge in [-0.2, -0.15) is 0 Å². The predicted octanol–water partition coefficient (Wildman–Crippen LogP) is 1.95. The standard InChI is InChI=1S/C14H24N2O2/c1-3-12-4-5-14(18-12)13(10-15)16(2)11-6-8-17-9-7-11/h4-5,11,13H,3,6-10,15H2,1-2H3. The SMILES string of the molecule is CCc1ccc(C(CN)N(C)C2CCOCC2)o1. The molecule has 0 aromatic carbocycles. The minimum atomic E-state index is 0.174. The van der Waals surface area contributed by atoms with Crippen molar-refractivity contribution in [3.63, 3.8) is 0 Å². The Morgan fingerprint density at radius 2 is 2.11 bits per heavy atom. The summed E-state index contributed by atoms with van der Waals surface area (Å²) in [6, 6.07) is 4.83. The molecule has 0 radical (unpaired) electrons. The average molecular weight is 252 g/mol. The van der Waals surface area contributed by atoms with Crippen LogP contribution in [0, 0.1) is 0 Å². The average Bonchev–Trinajstić information content (AvgIpc) is 2.89. The van der Waals surface area contributed by atoms with E-state index < -0.39 is 0 Å². The van der Waals surface area contributed by atoms with Gasteiger partial charge in [-0.05, 0) is 32.0 Å². The van der Waals surface area contributed by atoms with Gasteiger partial charge in [0.1, 0.15) is 11.5 Å². The number of hydrogen-bond donors (Lipinski definition) is 1. The summed E-state index contributed by atoms with van der Waals surface area (Å²) in [5.74, 6) is 2.02. The van der Waals surface area contributed by atoms with E-state index in [-0.39, 0.29) is 6.04 Å². The van der Waals surface area contributed by atoms with Gasteiger partial charge >= 0.3 is 0 Å². The first kappa shape index (κ1) is 13.6. The number of ether oxygens (including phenoxy) is 1. The molecule has 2 rings (SSSR count). The van der Waals surface area contributed by atoms with Crippen molar-refractivity contribution in [2.24, 2.45) is 5.73 Å². The predicted molar refractivity (Wildman–Crippen MR) is 71.5 cm³/mol. The molecule has 1 aliphatic rings. The highest BCUT2D eigenvalue weighted by Crippen LogP contribution is 2.26. The van der Waals surface area contributed by atoms with Crippen LogP contribution < -0.4 is 5.73 Å². The third kappa shape index (κ3) is 2.94. The first-order valence-electron chi connectivity index (χ1n) is 6.84. The minimum Gasteiger partial charge on any atom is -0.464 e. The molecule has 1 saturated heterocycles. The monoisotopic (exact) mass is 252 g/mol. The highest BCUT2D eigenvalue weighted by Gasteiger charge is 2.26. The van der Waals surface area contributed by atoms with Gasteiger partial charge in [0.2, 0.25) is 0 Å². The molecule has 1 fully saturated rings. The Labute approximate surface area is 109 Å². The number of hydrogen-bond acceptors (Lipinski definition) is 4. The first-order chi connectivity index (χ1) is 8.76. The van der Waals surface area contributed by atoms with Crippen molar-refractivity contribution >= 4 is 0 Å². The number of aryl methyl sites for hydroxylation is 1. The molecule has 0 bridgehead atoms. The third-order valence-electron chi connectivity index (χ3n) is 3.84. The normalized spacial score (nSPS) is 19.3. The molecule has 1 aromatic heterocycles. The van der Waals surface area contributed by atoms with E-state index >= 15 is 0 Å². The molecular formula is C14H24N2O2. The lowest BCUT2D eigenvalue weighted by Gasteiger charge is -2.35. The Morgan fingerprint density at radius 3 is 2.67 bits per heavy atom. The topological polar surface area (TPSA) is 51.6 Å². The van der Waals surface area contributed by atoms with E-state index in [0.717, 1.165) is 44.0 Å². The maximum absolute atomic E-state index is 5.93. The first-order valence-corrected chi connectivity index (χ1v) is 6.84. The molecule has 0 saturated carbocycles. The van der Waals surface area contributed by atoms with E-state index in [1.165, 1.54) is 0 Å². The molecule has 0 aliphatic carbocycles. The van der Waals surface area contributed by atoms with Gasteiger partial charge < -0.3 is 14.9 Å². The molecule has 1 aromatic rings. The minimum absolute atomic E-state index is 0.174. The van der Waals surface area contributed by atoms with Crippen LogP contribution in [0.3, 0.4) is 0 Å². The molecule has 1 unspecified atom stereocenters. The van der Waals surface area contributed by atoms with Crippen LogP contribution in [0.15, 0.2) is 16.5 Å². The van der Waals surface area contributed by atoms with Crippen LogP contribution in [0.25, 0.3) is 0 Å². The van der Waals surface area contributed by atoms with Crippen molar-refractivity contribution in [1.82, 2.24) is 4.90 Å². The maximum Gasteiger partial charge on any atom is 0.122 e. The van der Waals surface area contributed by atoms with Gasteiger partial charge in [0, 0.05) is 32.2 Å². The Bertz CT molecular complexity index is 358. The van der Waals surface area contributed by atoms with Gasteiger partial charge in [0.15, 0.2) is 0 Å². The third-order valence-corrected chi connectivity index (χ3v) is 3.84. The molecule has 18 heavy (non-hydrogen) atoms. The molecular weight excluding hydrogens is 228 g/mol. The largest absolute Gasteiger partial charge is 0.464 e. The van der Waals surface area contributed by atoms with E-state index in [4.69, 9.17) is 14.9 Å². The fraction of sp³-hybridized carbons (Fsp3) is 0.714. The zero-order chi connectivity index (χ0) is 13.0. The van der Waals surface area contributed by atoms with Crippen molar-refractivity contribution < 1.29 is 9.15 Å². The van der Waals surface area contributed by atoms with E-state index in [0.29, 0.717) is 12.6 Å². The molecule has 4 nitrogen and oxygen atoms in total. The quantitative estimate of drug-likeness (QED) is 0.870. The van der Waals surface area contributed by atoms with Crippen LogP contribution in [0.4, 0.5) is 0 Å². The van der Waals surface area contributed by atoms with Crippen LogP contribution in [0.1, 0.15) is 37.3 Å². The van der Waals surface area contributed by atoms with Crippen molar-refractivity contribution in [3.8, 4) is 0 Å². The van der Waals surface area contributed by atoms with Crippen LogP contribution in [-0.4, -0.2) is 37.7 Å². The van der Waals surface area contributed by atoms with Gasteiger partial charge in [-0.15, -0.1) is 0 Å². The van der Waals surface area contributed by atoms with Crippen LogP contribution in [0.2, 0.25) is 0 Å². The summed E-state index contributed by atoms with van der Waals surface area (Å²) >= 11 is 0. The molecule has 1 aliphatic heterocycles. The number of rotatable bonds is 5. The van der Waals surface area contributed by atoms with E-state index in [9.17, 15) is 0 Å². The molecule has 0 spiro atoms. The summed E-state index contributed by atoms with van der Waals surface area (Å²) in [7, 11) is 2.14. The lowest BCUT2D eigenvalue weighted by molar-refractivity contribution is 0.0258. The van der Waals surface area contributed by atoms with Crippen molar-refractivity contribution in [2.45, 2.75) is 38.3 Å².